The third-order valence-electron chi connectivity index (χ3n) is 6.43. The molecule has 2 heterocycles. The molecular formula is C28H26N4O7. The lowest BCUT2D eigenvalue weighted by molar-refractivity contribution is -0.150. The summed E-state index contributed by atoms with van der Waals surface area (Å²) in [4.78, 5) is 41.0. The van der Waals surface area contributed by atoms with Crippen LogP contribution >= 0.6 is 0 Å². The van der Waals surface area contributed by atoms with Gasteiger partial charge in [0.25, 0.3) is 11.8 Å². The molecule has 0 saturated carbocycles. The third-order valence-corrected chi connectivity index (χ3v) is 6.43. The molecule has 0 aliphatic carbocycles. The van der Waals surface area contributed by atoms with Crippen LogP contribution in [0.4, 0.5) is 11.4 Å². The molecule has 1 aliphatic heterocycles. The van der Waals surface area contributed by atoms with Gasteiger partial charge in [-0.05, 0) is 59.5 Å². The summed E-state index contributed by atoms with van der Waals surface area (Å²) in [7, 11) is 0. The standard InChI is InChI=1S/C28H26N4O7/c33-15-13-17-3-1-2-4-22(17)18-7-11-21(12-8-18)32-14-16-38-24(27(32)36)23(34)26(35)29-20-9-5-19(6-10-20)25-30-28(37)39-31-25/h1-12,23-24,33-34H,13-16H2,(H,29,35)(H,30,31,37)/t23-,24-/m1/s1. The van der Waals surface area contributed by atoms with Crippen LogP contribution < -0.4 is 16.0 Å². The second-order valence-corrected chi connectivity index (χ2v) is 8.91. The molecule has 4 aromatic rings. The Kier molecular flexibility index (Phi) is 7.64. The van der Waals surface area contributed by atoms with Crippen molar-refractivity contribution < 1.29 is 29.1 Å². The van der Waals surface area contributed by atoms with Gasteiger partial charge >= 0.3 is 5.76 Å². The fourth-order valence-corrected chi connectivity index (χ4v) is 4.47. The zero-order chi connectivity index (χ0) is 27.4. The van der Waals surface area contributed by atoms with Gasteiger partial charge in [-0.1, -0.05) is 41.6 Å². The summed E-state index contributed by atoms with van der Waals surface area (Å²) in [5.41, 5.74) is 4.51. The zero-order valence-corrected chi connectivity index (χ0v) is 20.7. The number of nitrogens with zero attached hydrogens (tertiary/aromatic N) is 2. The minimum Gasteiger partial charge on any atom is -0.396 e. The summed E-state index contributed by atoms with van der Waals surface area (Å²) >= 11 is 0. The van der Waals surface area contributed by atoms with E-state index in [1.165, 1.54) is 4.90 Å². The Hall–Kier alpha value is -4.58. The van der Waals surface area contributed by atoms with Crippen molar-refractivity contribution in [3.05, 3.63) is 88.9 Å². The van der Waals surface area contributed by atoms with Crippen LogP contribution in [0.15, 0.2) is 82.1 Å². The average molecular weight is 531 g/mol. The third kappa shape index (κ3) is 5.65. The zero-order valence-electron chi connectivity index (χ0n) is 20.7. The van der Waals surface area contributed by atoms with Gasteiger partial charge in [-0.2, -0.15) is 0 Å². The molecule has 4 N–H and O–H groups in total. The number of nitrogens with one attached hydrogen (secondary N) is 2. The summed E-state index contributed by atoms with van der Waals surface area (Å²) in [6, 6.07) is 21.5. The average Bonchev–Trinajstić information content (AvgIpc) is 3.40. The number of morpholine rings is 1. The minimum absolute atomic E-state index is 0.0464. The van der Waals surface area contributed by atoms with Gasteiger partial charge in [0, 0.05) is 30.1 Å². The van der Waals surface area contributed by atoms with Crippen molar-refractivity contribution in [3.63, 3.8) is 0 Å². The lowest BCUT2D eigenvalue weighted by Crippen LogP contribution is -2.55. The molecule has 2 amide bonds. The highest BCUT2D eigenvalue weighted by atomic mass is 16.5. The number of hydrogen-bond donors (Lipinski definition) is 4. The maximum atomic E-state index is 13.2. The molecule has 3 aromatic carbocycles. The molecule has 1 saturated heterocycles. The highest BCUT2D eigenvalue weighted by Crippen LogP contribution is 2.28. The van der Waals surface area contributed by atoms with Crippen molar-refractivity contribution in [3.8, 4) is 22.5 Å². The molecule has 0 unspecified atom stereocenters. The molecule has 5 rings (SSSR count). The van der Waals surface area contributed by atoms with E-state index >= 15 is 0 Å². The number of aliphatic hydroxyl groups is 2. The maximum Gasteiger partial charge on any atom is 0.439 e. The smallest absolute Gasteiger partial charge is 0.396 e. The number of anilines is 2. The lowest BCUT2D eigenvalue weighted by atomic mass is 9.97. The molecule has 0 radical (unpaired) electrons. The SMILES string of the molecule is O=C(Nc1ccc(-c2noc(=O)[nH]2)cc1)[C@H](O)[C@H]1OCCN(c2ccc(-c3ccccc3CCO)cc2)C1=O. The number of amides is 2. The van der Waals surface area contributed by atoms with Gasteiger partial charge in [-0.15, -0.1) is 0 Å². The molecule has 1 aromatic heterocycles. The van der Waals surface area contributed by atoms with Crippen LogP contribution in [0.5, 0.6) is 0 Å². The predicted molar refractivity (Wildman–Crippen MR) is 142 cm³/mol. The number of benzene rings is 3. The van der Waals surface area contributed by atoms with Crippen molar-refractivity contribution in [1.82, 2.24) is 10.1 Å². The van der Waals surface area contributed by atoms with Gasteiger partial charge < -0.3 is 25.2 Å². The van der Waals surface area contributed by atoms with Crippen LogP contribution in [0.3, 0.4) is 0 Å². The topological polar surface area (TPSA) is 158 Å². The Bertz CT molecular complexity index is 1510. The molecule has 2 atom stereocenters. The number of carbonyl (C=O) groups is 2. The first-order chi connectivity index (χ1) is 18.9. The number of H-pyrrole nitrogens is 1. The Morgan fingerprint density at radius 1 is 1.05 bits per heavy atom. The van der Waals surface area contributed by atoms with Crippen molar-refractivity contribution in [2.75, 3.05) is 30.0 Å². The van der Waals surface area contributed by atoms with E-state index in [-0.39, 0.29) is 25.6 Å². The minimum atomic E-state index is -1.74. The van der Waals surface area contributed by atoms with Crippen LogP contribution in [0.25, 0.3) is 22.5 Å². The number of aromatic nitrogens is 2. The van der Waals surface area contributed by atoms with Crippen LogP contribution in [0, 0.1) is 0 Å². The van der Waals surface area contributed by atoms with Crippen molar-refractivity contribution >= 4 is 23.2 Å². The molecular weight excluding hydrogens is 504 g/mol. The second-order valence-electron chi connectivity index (χ2n) is 8.91. The van der Waals surface area contributed by atoms with E-state index in [1.807, 2.05) is 36.4 Å². The fourth-order valence-electron chi connectivity index (χ4n) is 4.47. The largest absolute Gasteiger partial charge is 0.439 e. The van der Waals surface area contributed by atoms with E-state index in [0.29, 0.717) is 23.4 Å². The molecule has 0 bridgehead atoms. The van der Waals surface area contributed by atoms with Gasteiger partial charge in [-0.3, -0.25) is 19.1 Å². The lowest BCUT2D eigenvalue weighted by Gasteiger charge is -2.34. The van der Waals surface area contributed by atoms with Gasteiger partial charge in [0.2, 0.25) is 0 Å². The van der Waals surface area contributed by atoms with Gasteiger partial charge in [0.15, 0.2) is 18.0 Å². The van der Waals surface area contributed by atoms with Gasteiger partial charge in [0.05, 0.1) is 6.61 Å². The van der Waals surface area contributed by atoms with E-state index in [2.05, 4.69) is 20.0 Å². The highest BCUT2D eigenvalue weighted by Gasteiger charge is 2.39. The summed E-state index contributed by atoms with van der Waals surface area (Å²) in [6.07, 6.45) is -2.58. The molecule has 200 valence electrons. The molecule has 1 fully saturated rings. The number of hydrogen-bond acceptors (Lipinski definition) is 8. The summed E-state index contributed by atoms with van der Waals surface area (Å²) in [6.45, 7) is 0.465. The van der Waals surface area contributed by atoms with Gasteiger partial charge in [-0.25, -0.2) is 4.79 Å². The van der Waals surface area contributed by atoms with Crippen molar-refractivity contribution in [1.29, 1.82) is 0 Å². The Morgan fingerprint density at radius 2 is 1.77 bits per heavy atom. The molecule has 0 spiro atoms. The number of aromatic amines is 1. The van der Waals surface area contributed by atoms with E-state index < -0.39 is 29.8 Å². The van der Waals surface area contributed by atoms with E-state index in [0.717, 1.165) is 16.7 Å². The first-order valence-electron chi connectivity index (χ1n) is 12.3. The molecule has 1 aliphatic rings. The Morgan fingerprint density at radius 3 is 2.46 bits per heavy atom. The normalized spacial score (nSPS) is 16.2. The van der Waals surface area contributed by atoms with Crippen molar-refractivity contribution in [2.45, 2.75) is 18.6 Å². The van der Waals surface area contributed by atoms with Crippen LogP contribution in [0.2, 0.25) is 0 Å². The fraction of sp³-hybridized carbons (Fsp3) is 0.214. The monoisotopic (exact) mass is 530 g/mol. The Labute approximate surface area is 222 Å². The number of carbonyl (C=O) groups excluding carboxylic acids is 2. The number of ether oxygens (including phenoxy) is 1. The second kappa shape index (κ2) is 11.4. The summed E-state index contributed by atoms with van der Waals surface area (Å²) in [5.74, 6) is -1.77. The molecule has 39 heavy (non-hydrogen) atoms. The van der Waals surface area contributed by atoms with Crippen LogP contribution in [0.1, 0.15) is 5.56 Å². The quantitative estimate of drug-likeness (QED) is 0.269. The molecule has 11 heteroatoms. The van der Waals surface area contributed by atoms with E-state index in [1.54, 1.807) is 36.4 Å². The number of rotatable bonds is 8. The first kappa shape index (κ1) is 26.0. The highest BCUT2D eigenvalue weighted by molar-refractivity contribution is 6.04. The summed E-state index contributed by atoms with van der Waals surface area (Å²) in [5, 5.41) is 26.2. The maximum absolute atomic E-state index is 13.2. The first-order valence-corrected chi connectivity index (χ1v) is 12.3. The Balaban J connectivity index is 1.25. The van der Waals surface area contributed by atoms with Gasteiger partial charge in [0.1, 0.15) is 0 Å². The van der Waals surface area contributed by atoms with E-state index in [4.69, 9.17) is 4.74 Å². The number of aliphatic hydroxyl groups excluding tert-OH is 2. The van der Waals surface area contributed by atoms with E-state index in [9.17, 15) is 24.6 Å². The van der Waals surface area contributed by atoms with Crippen molar-refractivity contribution in [2.24, 2.45) is 0 Å². The van der Waals surface area contributed by atoms with Crippen LogP contribution in [-0.4, -0.2) is 64.1 Å². The molecule has 11 nitrogen and oxygen atoms in total. The van der Waals surface area contributed by atoms with Crippen LogP contribution in [-0.2, 0) is 20.7 Å². The summed E-state index contributed by atoms with van der Waals surface area (Å²) < 4.78 is 9.98. The predicted octanol–water partition coefficient (Wildman–Crippen LogP) is 1.96.